The van der Waals surface area contributed by atoms with Crippen LogP contribution in [0.5, 0.6) is 5.75 Å². The first kappa shape index (κ1) is 25.5. The number of aromatic nitrogens is 1. The molecule has 5 rings (SSSR count). The Hall–Kier alpha value is -3.59. The number of furan rings is 1. The molecule has 0 aliphatic rings. The molecule has 10 heteroatoms. The van der Waals surface area contributed by atoms with Gasteiger partial charge >= 0.3 is 0 Å². The minimum absolute atomic E-state index is 0. The van der Waals surface area contributed by atoms with Gasteiger partial charge in [0.05, 0.1) is 22.9 Å². The summed E-state index contributed by atoms with van der Waals surface area (Å²) in [6.45, 7) is 1.66. The van der Waals surface area contributed by atoms with Gasteiger partial charge in [0.15, 0.2) is 11.5 Å². The molecule has 0 aliphatic heterocycles. The molecule has 0 aliphatic carbocycles. The van der Waals surface area contributed by atoms with Gasteiger partial charge in [-0.25, -0.2) is 18.1 Å². The topological polar surface area (TPSA) is 98.5 Å². The molecule has 1 amide bonds. The number of nitrogens with zero attached hydrogens (tertiary/aromatic N) is 1. The highest BCUT2D eigenvalue weighted by molar-refractivity contribution is 7.90. The van der Waals surface area contributed by atoms with E-state index >= 15 is 0 Å². The molecular formula is C26H20Cl2N2O5S. The Kier molecular flexibility index (Phi) is 6.95. The second-order valence-electron chi connectivity index (χ2n) is 7.91. The first-order chi connectivity index (χ1) is 16.8. The zero-order valence-corrected chi connectivity index (χ0v) is 21.5. The van der Waals surface area contributed by atoms with Crippen molar-refractivity contribution < 1.29 is 22.4 Å². The third kappa shape index (κ3) is 4.63. The normalized spacial score (nSPS) is 11.3. The van der Waals surface area contributed by atoms with Crippen molar-refractivity contribution >= 4 is 61.8 Å². The molecule has 2 aromatic heterocycles. The third-order valence-corrected chi connectivity index (χ3v) is 7.33. The van der Waals surface area contributed by atoms with Crippen molar-refractivity contribution in [2.24, 2.45) is 0 Å². The van der Waals surface area contributed by atoms with Gasteiger partial charge in [-0.3, -0.25) is 4.79 Å². The monoisotopic (exact) mass is 542 g/mol. The number of rotatable bonds is 5. The molecule has 7 nitrogen and oxygen atoms in total. The lowest BCUT2D eigenvalue weighted by molar-refractivity contribution is 0.0981. The van der Waals surface area contributed by atoms with Crippen LogP contribution in [-0.2, 0) is 10.0 Å². The Labute approximate surface area is 218 Å². The summed E-state index contributed by atoms with van der Waals surface area (Å²) in [4.78, 5) is 17.5. The van der Waals surface area contributed by atoms with Gasteiger partial charge in [0, 0.05) is 16.0 Å². The Morgan fingerprint density at radius 1 is 1.03 bits per heavy atom. The Bertz CT molecular complexity index is 1730. The second-order valence-corrected chi connectivity index (χ2v) is 10.00. The number of hydrogen-bond acceptors (Lipinski definition) is 6. The number of sulfonamides is 1. The maximum absolute atomic E-state index is 12.9. The van der Waals surface area contributed by atoms with Crippen LogP contribution in [0, 0.1) is 6.92 Å². The molecule has 0 fully saturated rings. The molecular weight excluding hydrogens is 523 g/mol. The molecule has 0 unspecified atom stereocenters. The molecule has 1 N–H and O–H groups in total. The fraction of sp³-hybridized carbons (Fsp3) is 0.0769. The van der Waals surface area contributed by atoms with Crippen LogP contribution in [0.15, 0.2) is 82.1 Å². The van der Waals surface area contributed by atoms with Gasteiger partial charge in [-0.15, -0.1) is 12.4 Å². The number of amides is 1. The van der Waals surface area contributed by atoms with E-state index in [0.717, 1.165) is 5.39 Å². The van der Waals surface area contributed by atoms with Crippen molar-refractivity contribution in [1.29, 1.82) is 0 Å². The van der Waals surface area contributed by atoms with Crippen LogP contribution in [0.1, 0.15) is 15.9 Å². The van der Waals surface area contributed by atoms with E-state index < -0.39 is 15.9 Å². The Morgan fingerprint density at radius 3 is 2.53 bits per heavy atom. The molecule has 0 atom stereocenters. The van der Waals surface area contributed by atoms with Crippen molar-refractivity contribution in [3.8, 4) is 17.2 Å². The van der Waals surface area contributed by atoms with Gasteiger partial charge in [0.1, 0.15) is 11.3 Å². The predicted octanol–water partition coefficient (Wildman–Crippen LogP) is 6.16. The third-order valence-electron chi connectivity index (χ3n) is 5.61. The Balaban J connectivity index is 0.00000304. The maximum atomic E-state index is 12.9. The number of methoxy groups -OCH3 is 1. The zero-order chi connectivity index (χ0) is 24.7. The molecule has 0 bridgehead atoms. The smallest absolute Gasteiger partial charge is 0.265 e. The van der Waals surface area contributed by atoms with Crippen LogP contribution < -0.4 is 9.46 Å². The summed E-state index contributed by atoms with van der Waals surface area (Å²) < 4.78 is 39.2. The fourth-order valence-corrected chi connectivity index (χ4v) is 5.29. The molecule has 0 radical (unpaired) electrons. The summed E-state index contributed by atoms with van der Waals surface area (Å²) in [6, 6.07) is 20.2. The van der Waals surface area contributed by atoms with Gasteiger partial charge in [-0.1, -0.05) is 41.9 Å². The number of pyridine rings is 1. The standard InChI is InChI=1S/C26H19ClN2O5S.ClH/c1-15-5-3-4-6-23(15)35(31,32)29-26(30)17-9-12-22-19(13-17)24(33-2)25(34-22)20-11-8-16-7-10-18(27)14-21(16)28-20;/h3-14H,1-2H3,(H,29,30);1H. The van der Waals surface area contributed by atoms with Gasteiger partial charge in [-0.2, -0.15) is 0 Å². The van der Waals surface area contributed by atoms with Crippen LogP contribution in [-0.4, -0.2) is 26.4 Å². The minimum atomic E-state index is -4.04. The van der Waals surface area contributed by atoms with Crippen LogP contribution in [0.3, 0.4) is 0 Å². The summed E-state index contributed by atoms with van der Waals surface area (Å²) in [5.74, 6) is -0.00168. The SMILES string of the molecule is COc1c(-c2ccc3ccc(Cl)cc3n2)oc2ccc(C(=O)NS(=O)(=O)c3ccccc3C)cc12.Cl. The highest BCUT2D eigenvalue weighted by Crippen LogP contribution is 2.40. The summed E-state index contributed by atoms with van der Waals surface area (Å²) in [5, 5.41) is 1.99. The number of nitrogens with one attached hydrogen (secondary N) is 1. The highest BCUT2D eigenvalue weighted by atomic mass is 35.5. The molecule has 5 aromatic rings. The molecule has 36 heavy (non-hydrogen) atoms. The summed E-state index contributed by atoms with van der Waals surface area (Å²) in [7, 11) is -2.56. The number of fused-ring (bicyclic) bond motifs is 2. The second kappa shape index (κ2) is 9.81. The van der Waals surface area contributed by atoms with Crippen LogP contribution in [0.4, 0.5) is 0 Å². The van der Waals surface area contributed by atoms with E-state index in [4.69, 9.17) is 20.8 Å². The fourth-order valence-electron chi connectivity index (χ4n) is 3.90. The Morgan fingerprint density at radius 2 is 1.78 bits per heavy atom. The number of carbonyl (C=O) groups excluding carboxylic acids is 1. The molecule has 0 saturated heterocycles. The molecule has 0 spiro atoms. The van der Waals surface area contributed by atoms with E-state index in [9.17, 15) is 13.2 Å². The van der Waals surface area contributed by atoms with Gasteiger partial charge in [0.25, 0.3) is 15.9 Å². The lowest BCUT2D eigenvalue weighted by Gasteiger charge is -2.09. The van der Waals surface area contributed by atoms with Crippen LogP contribution >= 0.6 is 24.0 Å². The van der Waals surface area contributed by atoms with E-state index in [1.165, 1.54) is 25.3 Å². The predicted molar refractivity (Wildman–Crippen MR) is 142 cm³/mol. The quantitative estimate of drug-likeness (QED) is 0.285. The average Bonchev–Trinajstić information content (AvgIpc) is 3.21. The first-order valence-corrected chi connectivity index (χ1v) is 12.4. The van der Waals surface area contributed by atoms with Crippen LogP contribution in [0.25, 0.3) is 33.3 Å². The van der Waals surface area contributed by atoms with Crippen molar-refractivity contribution in [2.45, 2.75) is 11.8 Å². The zero-order valence-electron chi connectivity index (χ0n) is 19.1. The van der Waals surface area contributed by atoms with Gasteiger partial charge < -0.3 is 9.15 Å². The minimum Gasteiger partial charge on any atom is -0.492 e. The van der Waals surface area contributed by atoms with Crippen molar-refractivity contribution in [2.75, 3.05) is 7.11 Å². The van der Waals surface area contributed by atoms with Gasteiger partial charge in [0.2, 0.25) is 0 Å². The van der Waals surface area contributed by atoms with E-state index in [1.807, 2.05) is 12.1 Å². The average molecular weight is 543 g/mol. The lowest BCUT2D eigenvalue weighted by Crippen LogP contribution is -2.31. The highest BCUT2D eigenvalue weighted by Gasteiger charge is 2.23. The summed E-state index contributed by atoms with van der Waals surface area (Å²) in [5.41, 5.74) is 2.36. The molecule has 3 aromatic carbocycles. The van der Waals surface area contributed by atoms with Crippen molar-refractivity contribution in [3.63, 3.8) is 0 Å². The maximum Gasteiger partial charge on any atom is 0.265 e. The van der Waals surface area contributed by atoms with E-state index in [0.29, 0.717) is 44.3 Å². The number of ether oxygens (including phenoxy) is 1. The lowest BCUT2D eigenvalue weighted by atomic mass is 10.1. The van der Waals surface area contributed by atoms with Crippen molar-refractivity contribution in [1.82, 2.24) is 9.71 Å². The number of benzene rings is 3. The first-order valence-electron chi connectivity index (χ1n) is 10.6. The van der Waals surface area contributed by atoms with Crippen LogP contribution in [0.2, 0.25) is 5.02 Å². The van der Waals surface area contributed by atoms with E-state index in [-0.39, 0.29) is 22.9 Å². The van der Waals surface area contributed by atoms with Crippen molar-refractivity contribution in [3.05, 3.63) is 88.9 Å². The summed E-state index contributed by atoms with van der Waals surface area (Å²) >= 11 is 6.11. The van der Waals surface area contributed by atoms with E-state index in [2.05, 4.69) is 9.71 Å². The van der Waals surface area contributed by atoms with Gasteiger partial charge in [-0.05, 0) is 55.0 Å². The van der Waals surface area contributed by atoms with E-state index in [1.54, 1.807) is 49.4 Å². The molecule has 2 heterocycles. The largest absolute Gasteiger partial charge is 0.492 e. The number of halogens is 2. The molecule has 0 saturated carbocycles. The number of hydrogen-bond donors (Lipinski definition) is 1. The number of aryl methyl sites for hydroxylation is 1. The molecule has 184 valence electrons. The summed E-state index contributed by atoms with van der Waals surface area (Å²) in [6.07, 6.45) is 0. The number of carbonyl (C=O) groups is 1.